The zero-order valence-electron chi connectivity index (χ0n) is 24.6. The molecule has 0 fully saturated rings. The van der Waals surface area contributed by atoms with E-state index in [9.17, 15) is 8.42 Å². The van der Waals surface area contributed by atoms with E-state index in [0.29, 0.717) is 22.3 Å². The molecule has 4 aromatic carbocycles. The lowest BCUT2D eigenvalue weighted by molar-refractivity contribution is 0.131. The Labute approximate surface area is 239 Å². The van der Waals surface area contributed by atoms with E-state index in [1.54, 1.807) is 36.4 Å². The zero-order chi connectivity index (χ0) is 29.1. The smallest absolute Gasteiger partial charge is 0.206 e. The molecule has 4 rings (SSSR count). The summed E-state index contributed by atoms with van der Waals surface area (Å²) in [5, 5.41) is 0. The summed E-state index contributed by atoms with van der Waals surface area (Å²) in [6, 6.07) is 30.0. The molecule has 0 aromatic heterocycles. The van der Waals surface area contributed by atoms with Crippen LogP contribution in [0.1, 0.15) is 77.5 Å². The molecule has 1 unspecified atom stereocenters. The number of hydrogen-bond acceptors (Lipinski definition) is 4. The van der Waals surface area contributed by atoms with Gasteiger partial charge in [-0.2, -0.15) is 0 Å². The van der Waals surface area contributed by atoms with Gasteiger partial charge in [-0.25, -0.2) is 8.42 Å². The maximum Gasteiger partial charge on any atom is 0.206 e. The van der Waals surface area contributed by atoms with Crippen LogP contribution in [0.2, 0.25) is 0 Å². The molecule has 0 aliphatic rings. The number of sulfone groups is 1. The van der Waals surface area contributed by atoms with Crippen molar-refractivity contribution >= 4 is 9.84 Å². The second-order valence-corrected chi connectivity index (χ2v) is 13.8. The van der Waals surface area contributed by atoms with Crippen molar-refractivity contribution in [3.05, 3.63) is 114 Å². The van der Waals surface area contributed by atoms with Gasteiger partial charge in [0.15, 0.2) is 0 Å². The predicted molar refractivity (Wildman–Crippen MR) is 163 cm³/mol. The first kappa shape index (κ1) is 29.4. The van der Waals surface area contributed by atoms with Gasteiger partial charge >= 0.3 is 0 Å². The first-order valence-electron chi connectivity index (χ1n) is 13.8. The SMILES string of the molecule is CCC(C)c1ccc(S(=O)(=O)c2ccc(Oc3ccc(C(C)(C)c4ccc(OC(C)(C)C)cc4)cc3)cc2)cc1. The Kier molecular flexibility index (Phi) is 8.46. The Morgan fingerprint density at radius 2 is 1.02 bits per heavy atom. The molecule has 0 radical (unpaired) electrons. The number of benzene rings is 4. The second kappa shape index (κ2) is 11.5. The van der Waals surface area contributed by atoms with Crippen molar-refractivity contribution in [3.63, 3.8) is 0 Å². The molecular weight excluding hydrogens is 516 g/mol. The Morgan fingerprint density at radius 1 is 0.625 bits per heavy atom. The van der Waals surface area contributed by atoms with Gasteiger partial charge in [-0.3, -0.25) is 0 Å². The van der Waals surface area contributed by atoms with Crippen molar-refractivity contribution in [3.8, 4) is 17.2 Å². The topological polar surface area (TPSA) is 52.6 Å². The van der Waals surface area contributed by atoms with E-state index in [4.69, 9.17) is 9.47 Å². The van der Waals surface area contributed by atoms with Crippen LogP contribution >= 0.6 is 0 Å². The maximum absolute atomic E-state index is 13.1. The lowest BCUT2D eigenvalue weighted by Crippen LogP contribution is -2.23. The van der Waals surface area contributed by atoms with Crippen LogP contribution in [0, 0.1) is 0 Å². The van der Waals surface area contributed by atoms with E-state index < -0.39 is 9.84 Å². The standard InChI is InChI=1S/C35H40O4S/c1-8-25(2)26-9-21-32(22-10-26)40(36,37)33-23-19-30(20-24-33)38-29-15-11-27(12-16-29)35(6,7)28-13-17-31(18-14-28)39-34(3,4)5/h9-25H,8H2,1-7H3. The Hall–Kier alpha value is -3.57. The summed E-state index contributed by atoms with van der Waals surface area (Å²) in [7, 11) is -3.60. The van der Waals surface area contributed by atoms with E-state index in [-0.39, 0.29) is 15.9 Å². The van der Waals surface area contributed by atoms with Crippen LogP contribution in [0.3, 0.4) is 0 Å². The Balaban J connectivity index is 1.44. The van der Waals surface area contributed by atoms with Gasteiger partial charge in [0.2, 0.25) is 9.84 Å². The van der Waals surface area contributed by atoms with Crippen molar-refractivity contribution in [1.29, 1.82) is 0 Å². The molecule has 4 nitrogen and oxygen atoms in total. The second-order valence-electron chi connectivity index (χ2n) is 11.8. The summed E-state index contributed by atoms with van der Waals surface area (Å²) >= 11 is 0. The maximum atomic E-state index is 13.1. The molecule has 4 aromatic rings. The minimum Gasteiger partial charge on any atom is -0.488 e. The summed E-state index contributed by atoms with van der Waals surface area (Å²) < 4.78 is 38.3. The monoisotopic (exact) mass is 556 g/mol. The molecule has 210 valence electrons. The predicted octanol–water partition coefficient (Wildman–Crippen LogP) is 9.33. The van der Waals surface area contributed by atoms with Gasteiger partial charge in [0.05, 0.1) is 9.79 Å². The number of rotatable bonds is 9. The fourth-order valence-electron chi connectivity index (χ4n) is 4.57. The number of hydrogen-bond donors (Lipinski definition) is 0. The minimum absolute atomic E-state index is 0.207. The number of ether oxygens (including phenoxy) is 2. The van der Waals surface area contributed by atoms with Crippen LogP contribution in [-0.2, 0) is 15.3 Å². The molecule has 0 heterocycles. The van der Waals surface area contributed by atoms with Gasteiger partial charge in [-0.1, -0.05) is 64.1 Å². The van der Waals surface area contributed by atoms with Gasteiger partial charge < -0.3 is 9.47 Å². The molecule has 0 aliphatic carbocycles. The lowest BCUT2D eigenvalue weighted by atomic mass is 9.78. The zero-order valence-corrected chi connectivity index (χ0v) is 25.4. The molecule has 1 atom stereocenters. The fraction of sp³-hybridized carbons (Fsp3) is 0.314. The lowest BCUT2D eigenvalue weighted by Gasteiger charge is -2.27. The third-order valence-electron chi connectivity index (χ3n) is 7.32. The van der Waals surface area contributed by atoms with Crippen molar-refractivity contribution in [1.82, 2.24) is 0 Å². The molecule has 0 saturated heterocycles. The average molecular weight is 557 g/mol. The van der Waals surface area contributed by atoms with Crippen LogP contribution in [0.25, 0.3) is 0 Å². The van der Waals surface area contributed by atoms with Crippen LogP contribution in [-0.4, -0.2) is 14.0 Å². The third kappa shape index (κ3) is 6.76. The molecule has 0 amide bonds. The third-order valence-corrected chi connectivity index (χ3v) is 9.10. The van der Waals surface area contributed by atoms with Gasteiger partial charge in [-0.05, 0) is 110 Å². The quantitative estimate of drug-likeness (QED) is 0.206. The normalized spacial score (nSPS) is 13.1. The van der Waals surface area contributed by atoms with Crippen molar-refractivity contribution in [2.75, 3.05) is 0 Å². The molecule has 0 saturated carbocycles. The molecule has 0 N–H and O–H groups in total. The van der Waals surface area contributed by atoms with E-state index in [2.05, 4.69) is 52.0 Å². The van der Waals surface area contributed by atoms with E-state index in [1.165, 1.54) is 5.56 Å². The summed E-state index contributed by atoms with van der Waals surface area (Å²) in [6.45, 7) is 14.8. The average Bonchev–Trinajstić information content (AvgIpc) is 2.93. The van der Waals surface area contributed by atoms with Crippen LogP contribution in [0.15, 0.2) is 107 Å². The van der Waals surface area contributed by atoms with Crippen molar-refractivity contribution < 1.29 is 17.9 Å². The van der Waals surface area contributed by atoms with E-state index in [1.807, 2.05) is 57.2 Å². The Morgan fingerprint density at radius 3 is 1.45 bits per heavy atom. The molecule has 0 bridgehead atoms. The fourth-order valence-corrected chi connectivity index (χ4v) is 5.83. The largest absolute Gasteiger partial charge is 0.488 e. The van der Waals surface area contributed by atoms with E-state index >= 15 is 0 Å². The molecule has 40 heavy (non-hydrogen) atoms. The highest BCUT2D eigenvalue weighted by Gasteiger charge is 2.24. The van der Waals surface area contributed by atoms with Crippen molar-refractivity contribution in [2.24, 2.45) is 0 Å². The molecule has 0 aliphatic heterocycles. The summed E-state index contributed by atoms with van der Waals surface area (Å²) in [4.78, 5) is 0.537. The van der Waals surface area contributed by atoms with E-state index in [0.717, 1.165) is 23.3 Å². The first-order chi connectivity index (χ1) is 18.8. The van der Waals surface area contributed by atoms with Gasteiger partial charge in [0, 0.05) is 5.41 Å². The highest BCUT2D eigenvalue weighted by atomic mass is 32.2. The van der Waals surface area contributed by atoms with Crippen LogP contribution < -0.4 is 9.47 Å². The Bertz CT molecular complexity index is 1510. The van der Waals surface area contributed by atoms with Crippen molar-refractivity contribution in [2.45, 2.75) is 81.6 Å². The highest BCUT2D eigenvalue weighted by molar-refractivity contribution is 7.91. The summed E-state index contributed by atoms with van der Waals surface area (Å²) in [6.07, 6.45) is 1.01. The summed E-state index contributed by atoms with van der Waals surface area (Å²) in [5.74, 6) is 2.51. The van der Waals surface area contributed by atoms with Crippen LogP contribution in [0.5, 0.6) is 17.2 Å². The minimum atomic E-state index is -3.60. The van der Waals surface area contributed by atoms with Gasteiger partial charge in [0.25, 0.3) is 0 Å². The molecule has 5 heteroatoms. The van der Waals surface area contributed by atoms with Gasteiger partial charge in [-0.15, -0.1) is 0 Å². The molecule has 0 spiro atoms. The summed E-state index contributed by atoms with van der Waals surface area (Å²) in [5.41, 5.74) is 3.05. The highest BCUT2D eigenvalue weighted by Crippen LogP contribution is 2.35. The van der Waals surface area contributed by atoms with Crippen LogP contribution in [0.4, 0.5) is 0 Å². The molecular formula is C35H40O4S. The van der Waals surface area contributed by atoms with Gasteiger partial charge in [0.1, 0.15) is 22.8 Å². The first-order valence-corrected chi connectivity index (χ1v) is 15.3.